The van der Waals surface area contributed by atoms with Gasteiger partial charge in [0.05, 0.1) is 25.4 Å². The number of nitrogens with zero attached hydrogens (tertiary/aromatic N) is 2. The van der Waals surface area contributed by atoms with E-state index >= 15 is 0 Å². The minimum atomic E-state index is -0.0459. The summed E-state index contributed by atoms with van der Waals surface area (Å²) in [6.45, 7) is 6.17. The van der Waals surface area contributed by atoms with Gasteiger partial charge in [-0.25, -0.2) is 4.99 Å². The van der Waals surface area contributed by atoms with Gasteiger partial charge in [-0.05, 0) is 25.8 Å². The number of ether oxygens (including phenoxy) is 2. The van der Waals surface area contributed by atoms with Crippen LogP contribution >= 0.6 is 0 Å². The van der Waals surface area contributed by atoms with E-state index in [4.69, 9.17) is 9.47 Å². The van der Waals surface area contributed by atoms with Crippen molar-refractivity contribution in [1.29, 1.82) is 0 Å². The third kappa shape index (κ3) is 7.56. The number of likely N-dealkylation sites (N-methyl/N-ethyl adjacent to an activating group) is 1. The van der Waals surface area contributed by atoms with E-state index in [9.17, 15) is 4.79 Å². The highest BCUT2D eigenvalue weighted by Gasteiger charge is 2.18. The van der Waals surface area contributed by atoms with Gasteiger partial charge in [0.1, 0.15) is 6.54 Å². The number of guanidine groups is 1. The Morgan fingerprint density at radius 2 is 2.04 bits per heavy atom. The van der Waals surface area contributed by atoms with E-state index in [2.05, 4.69) is 34.7 Å². The minimum Gasteiger partial charge on any atom is -0.379 e. The zero-order chi connectivity index (χ0) is 19.6. The van der Waals surface area contributed by atoms with Crippen molar-refractivity contribution in [2.45, 2.75) is 38.5 Å². The van der Waals surface area contributed by atoms with E-state index in [-0.39, 0.29) is 30.6 Å². The van der Waals surface area contributed by atoms with E-state index in [1.165, 1.54) is 4.90 Å². The summed E-state index contributed by atoms with van der Waals surface area (Å²) in [6.07, 6.45) is 1.11. The molecule has 1 fully saturated rings. The first-order valence-electron chi connectivity index (χ1n) is 9.47. The van der Waals surface area contributed by atoms with Crippen LogP contribution in [0.4, 0.5) is 0 Å². The maximum absolute atomic E-state index is 11.9. The lowest BCUT2D eigenvalue weighted by Crippen LogP contribution is -2.45. The number of hydrogen-bond donors (Lipinski definition) is 2. The Hall–Kier alpha value is -2.12. The van der Waals surface area contributed by atoms with E-state index < -0.39 is 0 Å². The minimum absolute atomic E-state index is 0.0459. The van der Waals surface area contributed by atoms with Gasteiger partial charge in [0.15, 0.2) is 5.96 Å². The van der Waals surface area contributed by atoms with Crippen molar-refractivity contribution in [3.63, 3.8) is 0 Å². The number of nitrogens with one attached hydrogen (secondary N) is 2. The smallest absolute Gasteiger partial charge is 0.243 e. The molecular formula is C20H32N4O3. The molecule has 27 heavy (non-hydrogen) atoms. The molecule has 0 bridgehead atoms. The third-order valence-electron chi connectivity index (χ3n) is 4.38. The summed E-state index contributed by atoms with van der Waals surface area (Å²) < 4.78 is 11.2. The standard InChI is InChI=1S/C20H32N4O3/c1-15(13-27-18-10-11-26-14-18)22-20(21-12-19(25)24(3)4)23-16(2)17-8-6-5-7-9-17/h5-9,15-16,18H,10-14H2,1-4H3,(H2,21,22,23). The van der Waals surface area contributed by atoms with Crippen LogP contribution in [-0.2, 0) is 14.3 Å². The predicted molar refractivity (Wildman–Crippen MR) is 107 cm³/mol. The van der Waals surface area contributed by atoms with Crippen molar-refractivity contribution >= 4 is 11.9 Å². The molecule has 1 saturated heterocycles. The molecule has 0 spiro atoms. The second kappa shape index (κ2) is 10.9. The lowest BCUT2D eigenvalue weighted by molar-refractivity contribution is -0.127. The fourth-order valence-electron chi connectivity index (χ4n) is 2.65. The lowest BCUT2D eigenvalue weighted by Gasteiger charge is -2.23. The first kappa shape index (κ1) is 21.2. The Balaban J connectivity index is 1.95. The Morgan fingerprint density at radius 1 is 1.30 bits per heavy atom. The van der Waals surface area contributed by atoms with Gasteiger partial charge in [0.25, 0.3) is 0 Å². The van der Waals surface area contributed by atoms with E-state index in [1.54, 1.807) is 14.1 Å². The number of rotatable bonds is 8. The topological polar surface area (TPSA) is 75.2 Å². The first-order valence-corrected chi connectivity index (χ1v) is 9.47. The molecule has 3 atom stereocenters. The molecule has 2 N–H and O–H groups in total. The summed E-state index contributed by atoms with van der Waals surface area (Å²) in [5.41, 5.74) is 1.15. The Morgan fingerprint density at radius 3 is 2.67 bits per heavy atom. The van der Waals surface area contributed by atoms with Crippen LogP contribution in [0.5, 0.6) is 0 Å². The summed E-state index contributed by atoms with van der Waals surface area (Å²) in [5, 5.41) is 6.71. The average Bonchev–Trinajstić information content (AvgIpc) is 3.18. The molecule has 2 rings (SSSR count). The maximum Gasteiger partial charge on any atom is 0.243 e. The SMILES string of the molecule is CC(COC1CCOC1)NC(=NCC(=O)N(C)C)NC(C)c1ccccc1. The monoisotopic (exact) mass is 376 g/mol. The molecule has 0 radical (unpaired) electrons. The van der Waals surface area contributed by atoms with Gasteiger partial charge in [-0.15, -0.1) is 0 Å². The fourth-order valence-corrected chi connectivity index (χ4v) is 2.65. The molecule has 1 aromatic carbocycles. The van der Waals surface area contributed by atoms with Crippen molar-refractivity contribution < 1.29 is 14.3 Å². The highest BCUT2D eigenvalue weighted by Crippen LogP contribution is 2.11. The van der Waals surface area contributed by atoms with Crippen molar-refractivity contribution in [3.8, 4) is 0 Å². The Labute approximate surface area is 162 Å². The third-order valence-corrected chi connectivity index (χ3v) is 4.38. The van der Waals surface area contributed by atoms with Crippen LogP contribution in [0.15, 0.2) is 35.3 Å². The summed E-state index contributed by atoms with van der Waals surface area (Å²) in [6, 6.07) is 10.2. The molecule has 1 aliphatic heterocycles. The van der Waals surface area contributed by atoms with Gasteiger partial charge < -0.3 is 25.0 Å². The Bertz CT molecular complexity index is 601. The van der Waals surface area contributed by atoms with Crippen LogP contribution in [0.2, 0.25) is 0 Å². The summed E-state index contributed by atoms with van der Waals surface area (Å²) in [5.74, 6) is 0.552. The number of hydrogen-bond acceptors (Lipinski definition) is 4. The molecule has 1 amide bonds. The second-order valence-corrected chi connectivity index (χ2v) is 7.09. The van der Waals surface area contributed by atoms with Gasteiger partial charge in [-0.2, -0.15) is 0 Å². The molecular weight excluding hydrogens is 344 g/mol. The molecule has 0 aliphatic carbocycles. The van der Waals surface area contributed by atoms with Gasteiger partial charge in [-0.1, -0.05) is 30.3 Å². The first-order chi connectivity index (χ1) is 13.0. The quantitative estimate of drug-likeness (QED) is 0.532. The van der Waals surface area contributed by atoms with Gasteiger partial charge >= 0.3 is 0 Å². The van der Waals surface area contributed by atoms with Gasteiger partial charge in [0.2, 0.25) is 5.91 Å². The molecule has 150 valence electrons. The molecule has 1 aliphatic rings. The molecule has 3 unspecified atom stereocenters. The fraction of sp³-hybridized carbons (Fsp3) is 0.600. The van der Waals surface area contributed by atoms with Crippen LogP contribution in [0.1, 0.15) is 31.9 Å². The molecule has 0 aromatic heterocycles. The lowest BCUT2D eigenvalue weighted by atomic mass is 10.1. The molecule has 1 heterocycles. The second-order valence-electron chi connectivity index (χ2n) is 7.09. The van der Waals surface area contributed by atoms with Crippen LogP contribution in [0, 0.1) is 0 Å². The maximum atomic E-state index is 11.9. The predicted octanol–water partition coefficient (Wildman–Crippen LogP) is 1.57. The molecule has 1 aromatic rings. The number of carbonyl (C=O) groups is 1. The zero-order valence-electron chi connectivity index (χ0n) is 16.8. The van der Waals surface area contributed by atoms with Crippen LogP contribution in [0.3, 0.4) is 0 Å². The van der Waals surface area contributed by atoms with Gasteiger partial charge in [0, 0.05) is 26.7 Å². The summed E-state index contributed by atoms with van der Waals surface area (Å²) >= 11 is 0. The average molecular weight is 377 g/mol. The zero-order valence-corrected chi connectivity index (χ0v) is 16.8. The van der Waals surface area contributed by atoms with Crippen molar-refractivity contribution in [3.05, 3.63) is 35.9 Å². The molecule has 0 saturated carbocycles. The van der Waals surface area contributed by atoms with Crippen molar-refractivity contribution in [2.24, 2.45) is 4.99 Å². The van der Waals surface area contributed by atoms with Gasteiger partial charge in [-0.3, -0.25) is 4.79 Å². The number of benzene rings is 1. The summed E-state index contributed by atoms with van der Waals surface area (Å²) in [7, 11) is 3.45. The van der Waals surface area contributed by atoms with Crippen LogP contribution in [0.25, 0.3) is 0 Å². The van der Waals surface area contributed by atoms with Crippen molar-refractivity contribution in [1.82, 2.24) is 15.5 Å². The summed E-state index contributed by atoms with van der Waals surface area (Å²) in [4.78, 5) is 17.9. The van der Waals surface area contributed by atoms with Crippen molar-refractivity contribution in [2.75, 3.05) is 40.5 Å². The van der Waals surface area contributed by atoms with E-state index in [0.29, 0.717) is 19.2 Å². The molecule has 7 nitrogen and oxygen atoms in total. The highest BCUT2D eigenvalue weighted by atomic mass is 16.5. The number of amides is 1. The highest BCUT2D eigenvalue weighted by molar-refractivity contribution is 5.85. The van der Waals surface area contributed by atoms with E-state index in [0.717, 1.165) is 18.6 Å². The Kier molecular flexibility index (Phi) is 8.54. The number of carbonyl (C=O) groups excluding carboxylic acids is 1. The normalized spacial score (nSPS) is 19.4. The number of aliphatic imine (C=N–C) groups is 1. The largest absolute Gasteiger partial charge is 0.379 e. The molecule has 7 heteroatoms. The van der Waals surface area contributed by atoms with E-state index in [1.807, 2.05) is 25.1 Å². The van der Waals surface area contributed by atoms with Crippen LogP contribution in [-0.4, -0.2) is 69.4 Å². The van der Waals surface area contributed by atoms with Crippen LogP contribution < -0.4 is 10.6 Å².